The first-order valence-corrected chi connectivity index (χ1v) is 10.3. The van der Waals surface area contributed by atoms with Crippen molar-refractivity contribution in [2.24, 2.45) is 0 Å². The quantitative estimate of drug-likeness (QED) is 0.855. The van der Waals surface area contributed by atoms with Gasteiger partial charge in [-0.3, -0.25) is 0 Å². The highest BCUT2D eigenvalue weighted by molar-refractivity contribution is 7.92. The molecule has 2 atom stereocenters. The minimum Gasteiger partial charge on any atom is -0.390 e. The molecule has 0 amide bonds. The Kier molecular flexibility index (Phi) is 4.68. The molecular weight excluding hydrogens is 326 g/mol. The lowest BCUT2D eigenvalue weighted by Gasteiger charge is -2.28. The minimum atomic E-state index is -3.86. The molecule has 0 saturated carbocycles. The fraction of sp³-hybridized carbons (Fsp3) is 0.571. The average molecular weight is 347 g/mol. The Bertz CT molecular complexity index is 770. The highest BCUT2D eigenvalue weighted by Crippen LogP contribution is 2.27. The molecule has 2 rings (SSSR count). The van der Waals surface area contributed by atoms with Crippen LogP contribution in [0.25, 0.3) is 0 Å². The predicted octanol–water partition coefficient (Wildman–Crippen LogP) is 0.472. The van der Waals surface area contributed by atoms with Crippen LogP contribution in [-0.4, -0.2) is 56.4 Å². The second-order valence-corrected chi connectivity index (χ2v) is 9.70. The number of rotatable bonds is 4. The van der Waals surface area contributed by atoms with Crippen molar-refractivity contribution in [1.29, 1.82) is 0 Å². The summed E-state index contributed by atoms with van der Waals surface area (Å²) in [5.74, 6) is -0.734. The third-order valence-electron chi connectivity index (χ3n) is 3.91. The molecule has 0 radical (unpaired) electrons. The van der Waals surface area contributed by atoms with Crippen molar-refractivity contribution in [2.45, 2.75) is 37.8 Å². The van der Waals surface area contributed by atoms with Gasteiger partial charge >= 0.3 is 0 Å². The molecule has 1 aliphatic heterocycles. The van der Waals surface area contributed by atoms with Crippen molar-refractivity contribution in [2.75, 3.05) is 18.1 Å². The number of benzene rings is 1. The number of likely N-dealkylation sites (N-methyl/N-ethyl adjacent to an activating group) is 1. The van der Waals surface area contributed by atoms with Crippen LogP contribution in [0, 0.1) is 13.8 Å². The molecule has 1 aromatic rings. The maximum atomic E-state index is 12.9. The van der Waals surface area contributed by atoms with Crippen LogP contribution in [0.1, 0.15) is 18.1 Å². The molecule has 0 aliphatic carbocycles. The number of aliphatic hydroxyl groups excluding tert-OH is 1. The summed E-state index contributed by atoms with van der Waals surface area (Å²) < 4.78 is 50.3. The van der Waals surface area contributed by atoms with Gasteiger partial charge in [0.25, 0.3) is 0 Å². The van der Waals surface area contributed by atoms with Crippen LogP contribution in [0.5, 0.6) is 0 Å². The number of hydrogen-bond donors (Lipinski definition) is 1. The first-order valence-electron chi connectivity index (χ1n) is 7.06. The zero-order chi connectivity index (χ0) is 16.7. The van der Waals surface area contributed by atoms with E-state index in [9.17, 15) is 21.9 Å². The zero-order valence-electron chi connectivity index (χ0n) is 12.9. The lowest BCUT2D eigenvalue weighted by Crippen LogP contribution is -2.46. The Morgan fingerprint density at radius 3 is 2.41 bits per heavy atom. The Balaban J connectivity index is 2.48. The number of hydrogen-bond acceptors (Lipinski definition) is 5. The van der Waals surface area contributed by atoms with E-state index in [4.69, 9.17) is 0 Å². The smallest absolute Gasteiger partial charge is 0.243 e. The summed E-state index contributed by atoms with van der Waals surface area (Å²) in [5, 5.41) is 9.97. The lowest BCUT2D eigenvalue weighted by atomic mass is 10.2. The maximum absolute atomic E-state index is 12.9. The second kappa shape index (κ2) is 5.92. The molecule has 1 N–H and O–H groups in total. The summed E-state index contributed by atoms with van der Waals surface area (Å²) in [5.41, 5.74) is 1.40. The summed E-state index contributed by atoms with van der Waals surface area (Å²) >= 11 is 0. The maximum Gasteiger partial charge on any atom is 0.243 e. The van der Waals surface area contributed by atoms with Crippen LogP contribution in [0.3, 0.4) is 0 Å². The predicted molar refractivity (Wildman–Crippen MR) is 83.9 cm³/mol. The van der Waals surface area contributed by atoms with Crippen LogP contribution in [-0.2, 0) is 19.9 Å². The van der Waals surface area contributed by atoms with E-state index in [2.05, 4.69) is 0 Å². The van der Waals surface area contributed by atoms with Gasteiger partial charge in [0.05, 0.1) is 28.5 Å². The van der Waals surface area contributed by atoms with E-state index in [1.54, 1.807) is 32.9 Å². The number of sulfonamides is 1. The van der Waals surface area contributed by atoms with Crippen LogP contribution >= 0.6 is 0 Å². The minimum absolute atomic E-state index is 0.104. The first kappa shape index (κ1) is 17.4. The number of aliphatic hydroxyl groups is 1. The molecule has 0 unspecified atom stereocenters. The van der Waals surface area contributed by atoms with Crippen LogP contribution in [0.15, 0.2) is 23.1 Å². The SMILES string of the molecule is CCN([C@H]1CS(=O)(=O)C[C@H]1O)S(=O)(=O)c1cc(C)ccc1C. The molecule has 22 heavy (non-hydrogen) atoms. The molecule has 0 bridgehead atoms. The Morgan fingerprint density at radius 1 is 1.27 bits per heavy atom. The normalized spacial score (nSPS) is 24.8. The number of nitrogens with zero attached hydrogens (tertiary/aromatic N) is 1. The van der Waals surface area contributed by atoms with E-state index < -0.39 is 37.8 Å². The summed E-state index contributed by atoms with van der Waals surface area (Å²) in [6.45, 7) is 5.24. The fourth-order valence-corrected chi connectivity index (χ4v) is 6.65. The van der Waals surface area contributed by atoms with Crippen molar-refractivity contribution in [3.05, 3.63) is 29.3 Å². The molecule has 6 nitrogen and oxygen atoms in total. The first-order chi connectivity index (χ1) is 10.1. The Hall–Kier alpha value is -0.960. The molecule has 0 spiro atoms. The summed E-state index contributed by atoms with van der Waals surface area (Å²) in [6, 6.07) is 4.18. The van der Waals surface area contributed by atoms with Crippen molar-refractivity contribution in [1.82, 2.24) is 4.31 Å². The van der Waals surface area contributed by atoms with Crippen LogP contribution < -0.4 is 0 Å². The highest BCUT2D eigenvalue weighted by atomic mass is 32.2. The molecular formula is C14H21NO5S2. The van der Waals surface area contributed by atoms with Gasteiger partial charge in [-0.25, -0.2) is 16.8 Å². The highest BCUT2D eigenvalue weighted by Gasteiger charge is 2.44. The van der Waals surface area contributed by atoms with E-state index in [0.29, 0.717) is 5.56 Å². The van der Waals surface area contributed by atoms with Crippen molar-refractivity contribution in [3.8, 4) is 0 Å². The van der Waals surface area contributed by atoms with Gasteiger partial charge in [0.1, 0.15) is 0 Å². The largest absolute Gasteiger partial charge is 0.390 e. The Morgan fingerprint density at radius 2 is 1.91 bits per heavy atom. The molecule has 1 heterocycles. The van der Waals surface area contributed by atoms with Gasteiger partial charge < -0.3 is 5.11 Å². The van der Waals surface area contributed by atoms with E-state index in [1.807, 2.05) is 6.07 Å². The van der Waals surface area contributed by atoms with Crippen molar-refractivity contribution >= 4 is 19.9 Å². The molecule has 1 aromatic carbocycles. The zero-order valence-corrected chi connectivity index (χ0v) is 14.5. The second-order valence-electron chi connectivity index (χ2n) is 5.69. The van der Waals surface area contributed by atoms with E-state index in [-0.39, 0.29) is 17.2 Å². The van der Waals surface area contributed by atoms with Crippen LogP contribution in [0.4, 0.5) is 0 Å². The molecule has 1 saturated heterocycles. The summed E-state index contributed by atoms with van der Waals surface area (Å²) in [4.78, 5) is 0.158. The van der Waals surface area contributed by atoms with Gasteiger partial charge in [0.2, 0.25) is 10.0 Å². The fourth-order valence-electron chi connectivity index (χ4n) is 2.78. The molecule has 8 heteroatoms. The topological polar surface area (TPSA) is 91.8 Å². The van der Waals surface area contributed by atoms with Gasteiger partial charge in [-0.1, -0.05) is 19.1 Å². The average Bonchev–Trinajstić information content (AvgIpc) is 2.66. The monoisotopic (exact) mass is 347 g/mol. The van der Waals surface area contributed by atoms with Gasteiger partial charge in [0.15, 0.2) is 9.84 Å². The summed E-state index contributed by atoms with van der Waals surface area (Å²) in [6.07, 6.45) is -1.19. The molecule has 1 aliphatic rings. The van der Waals surface area contributed by atoms with Gasteiger partial charge in [-0.2, -0.15) is 4.31 Å². The van der Waals surface area contributed by atoms with Crippen molar-refractivity contribution < 1.29 is 21.9 Å². The third kappa shape index (κ3) is 3.19. The molecule has 1 fully saturated rings. The number of aryl methyl sites for hydroxylation is 2. The van der Waals surface area contributed by atoms with Gasteiger partial charge in [0, 0.05) is 6.54 Å². The van der Waals surface area contributed by atoms with Gasteiger partial charge in [-0.15, -0.1) is 0 Å². The third-order valence-corrected chi connectivity index (χ3v) is 7.75. The summed E-state index contributed by atoms with van der Waals surface area (Å²) in [7, 11) is -7.28. The van der Waals surface area contributed by atoms with E-state index >= 15 is 0 Å². The van der Waals surface area contributed by atoms with E-state index in [0.717, 1.165) is 9.87 Å². The van der Waals surface area contributed by atoms with E-state index in [1.165, 1.54) is 0 Å². The van der Waals surface area contributed by atoms with Crippen molar-refractivity contribution in [3.63, 3.8) is 0 Å². The number of sulfone groups is 1. The molecule has 0 aromatic heterocycles. The Labute approximate surface area is 131 Å². The van der Waals surface area contributed by atoms with Crippen LogP contribution in [0.2, 0.25) is 0 Å². The standard InChI is InChI=1S/C14H21NO5S2/c1-4-15(12-8-21(17,18)9-13(12)16)22(19,20)14-7-10(2)5-6-11(14)3/h5-7,12-13,16H,4,8-9H2,1-3H3/t12-,13+/m0/s1. The molecule has 124 valence electrons. The lowest BCUT2D eigenvalue weighted by molar-refractivity contribution is 0.130. The van der Waals surface area contributed by atoms with Gasteiger partial charge in [-0.05, 0) is 31.0 Å².